The first-order chi connectivity index (χ1) is 13.8. The van der Waals surface area contributed by atoms with E-state index in [1.165, 1.54) is 24.1 Å². The summed E-state index contributed by atoms with van der Waals surface area (Å²) < 4.78 is 0. The molecule has 4 nitrogen and oxygen atoms in total. The zero-order valence-corrected chi connectivity index (χ0v) is 16.4. The highest BCUT2D eigenvalue weighted by atomic mass is 15.3. The van der Waals surface area contributed by atoms with Crippen LogP contribution in [0, 0.1) is 5.92 Å². The molecule has 0 amide bonds. The molecule has 0 N–H and O–H groups in total. The monoisotopic (exact) mass is 370 g/mol. The van der Waals surface area contributed by atoms with Gasteiger partial charge in [-0.3, -0.25) is 0 Å². The van der Waals surface area contributed by atoms with Crippen molar-refractivity contribution < 1.29 is 0 Å². The molecule has 5 rings (SSSR count). The third-order valence-corrected chi connectivity index (χ3v) is 6.01. The SMILES string of the molecule is CC1CCN(c2cc(-c3ccccc3)nc(N3CCc4ccccc43)n2)CC1. The number of anilines is 3. The summed E-state index contributed by atoms with van der Waals surface area (Å²) in [5.74, 6) is 2.68. The molecule has 0 radical (unpaired) electrons. The Hall–Kier alpha value is -2.88. The molecular formula is C24H26N4. The Morgan fingerprint density at radius 1 is 0.857 bits per heavy atom. The van der Waals surface area contributed by atoms with Gasteiger partial charge in [0, 0.05) is 37.0 Å². The smallest absolute Gasteiger partial charge is 0.232 e. The maximum absolute atomic E-state index is 5.03. The average Bonchev–Trinajstić information content (AvgIpc) is 3.19. The van der Waals surface area contributed by atoms with Gasteiger partial charge in [0.15, 0.2) is 0 Å². The first kappa shape index (κ1) is 17.2. The molecule has 0 aliphatic carbocycles. The van der Waals surface area contributed by atoms with Crippen molar-refractivity contribution >= 4 is 17.5 Å². The van der Waals surface area contributed by atoms with Crippen molar-refractivity contribution in [2.45, 2.75) is 26.2 Å². The molecule has 2 aliphatic heterocycles. The maximum atomic E-state index is 5.03. The Balaban J connectivity index is 1.58. The Morgan fingerprint density at radius 2 is 1.61 bits per heavy atom. The van der Waals surface area contributed by atoms with Crippen molar-refractivity contribution in [3.8, 4) is 11.3 Å². The van der Waals surface area contributed by atoms with Crippen molar-refractivity contribution in [1.82, 2.24) is 9.97 Å². The molecule has 0 unspecified atom stereocenters. The number of aromatic nitrogens is 2. The second-order valence-corrected chi connectivity index (χ2v) is 7.98. The Kier molecular flexibility index (Phi) is 4.47. The molecule has 0 bridgehead atoms. The lowest BCUT2D eigenvalue weighted by Crippen LogP contribution is -2.33. The van der Waals surface area contributed by atoms with Gasteiger partial charge in [-0.2, -0.15) is 4.98 Å². The van der Waals surface area contributed by atoms with Gasteiger partial charge in [0.05, 0.1) is 5.69 Å². The minimum Gasteiger partial charge on any atom is -0.356 e. The zero-order valence-electron chi connectivity index (χ0n) is 16.4. The standard InChI is InChI=1S/C24H26N4/c1-18-11-14-27(15-12-18)23-17-21(19-7-3-2-4-8-19)25-24(26-23)28-16-13-20-9-5-6-10-22(20)28/h2-10,17-18H,11-16H2,1H3. The summed E-state index contributed by atoms with van der Waals surface area (Å²) in [6.07, 6.45) is 3.50. The van der Waals surface area contributed by atoms with E-state index >= 15 is 0 Å². The van der Waals surface area contributed by atoms with Gasteiger partial charge in [0.2, 0.25) is 5.95 Å². The van der Waals surface area contributed by atoms with Crippen molar-refractivity contribution in [2.24, 2.45) is 5.92 Å². The molecule has 0 saturated carbocycles. The lowest BCUT2D eigenvalue weighted by molar-refractivity contribution is 0.436. The van der Waals surface area contributed by atoms with Gasteiger partial charge in [-0.05, 0) is 36.8 Å². The van der Waals surface area contributed by atoms with E-state index in [1.807, 2.05) is 0 Å². The topological polar surface area (TPSA) is 32.3 Å². The fourth-order valence-corrected chi connectivity index (χ4v) is 4.25. The van der Waals surface area contributed by atoms with Crippen LogP contribution >= 0.6 is 0 Å². The minimum atomic E-state index is 0.802. The van der Waals surface area contributed by atoms with Crippen LogP contribution in [0.5, 0.6) is 0 Å². The predicted molar refractivity (Wildman–Crippen MR) is 115 cm³/mol. The molecule has 142 valence electrons. The van der Waals surface area contributed by atoms with Crippen molar-refractivity contribution in [3.63, 3.8) is 0 Å². The van der Waals surface area contributed by atoms with E-state index in [-0.39, 0.29) is 0 Å². The molecule has 3 aromatic rings. The van der Waals surface area contributed by atoms with Crippen LogP contribution in [-0.2, 0) is 6.42 Å². The number of nitrogens with zero attached hydrogens (tertiary/aromatic N) is 4. The summed E-state index contributed by atoms with van der Waals surface area (Å²) in [5.41, 5.74) is 4.77. The molecular weight excluding hydrogens is 344 g/mol. The number of para-hydroxylation sites is 1. The lowest BCUT2D eigenvalue weighted by atomic mass is 9.99. The number of benzene rings is 2. The fraction of sp³-hybridized carbons (Fsp3) is 0.333. The highest BCUT2D eigenvalue weighted by Crippen LogP contribution is 2.35. The second kappa shape index (κ2) is 7.27. The molecule has 1 fully saturated rings. The normalized spacial score (nSPS) is 17.0. The Morgan fingerprint density at radius 3 is 2.43 bits per heavy atom. The van der Waals surface area contributed by atoms with E-state index in [4.69, 9.17) is 9.97 Å². The number of rotatable bonds is 3. The Bertz CT molecular complexity index is 961. The van der Waals surface area contributed by atoms with Crippen LogP contribution in [0.3, 0.4) is 0 Å². The van der Waals surface area contributed by atoms with E-state index in [2.05, 4.69) is 77.4 Å². The molecule has 1 aromatic heterocycles. The van der Waals surface area contributed by atoms with Gasteiger partial charge in [-0.15, -0.1) is 0 Å². The summed E-state index contributed by atoms with van der Waals surface area (Å²) >= 11 is 0. The summed E-state index contributed by atoms with van der Waals surface area (Å²) in [5, 5.41) is 0. The van der Waals surface area contributed by atoms with E-state index in [0.717, 1.165) is 55.0 Å². The van der Waals surface area contributed by atoms with Crippen LogP contribution < -0.4 is 9.80 Å². The highest BCUT2D eigenvalue weighted by molar-refractivity contribution is 5.70. The zero-order chi connectivity index (χ0) is 18.9. The van der Waals surface area contributed by atoms with Crippen molar-refractivity contribution in [3.05, 3.63) is 66.2 Å². The Labute approximate surface area is 166 Å². The fourth-order valence-electron chi connectivity index (χ4n) is 4.25. The molecule has 28 heavy (non-hydrogen) atoms. The lowest BCUT2D eigenvalue weighted by Gasteiger charge is -2.32. The van der Waals surface area contributed by atoms with Crippen molar-refractivity contribution in [1.29, 1.82) is 0 Å². The van der Waals surface area contributed by atoms with Crippen molar-refractivity contribution in [2.75, 3.05) is 29.4 Å². The van der Waals surface area contributed by atoms with Crippen LogP contribution in [0.15, 0.2) is 60.7 Å². The highest BCUT2D eigenvalue weighted by Gasteiger charge is 2.25. The maximum Gasteiger partial charge on any atom is 0.232 e. The van der Waals surface area contributed by atoms with Crippen LogP contribution in [0.1, 0.15) is 25.3 Å². The van der Waals surface area contributed by atoms with Gasteiger partial charge in [0.25, 0.3) is 0 Å². The average molecular weight is 371 g/mol. The summed E-state index contributed by atoms with van der Waals surface area (Å²) in [6.45, 7) is 5.43. The quantitative estimate of drug-likeness (QED) is 0.644. The van der Waals surface area contributed by atoms with E-state index < -0.39 is 0 Å². The first-order valence-corrected chi connectivity index (χ1v) is 10.3. The van der Waals surface area contributed by atoms with E-state index in [1.54, 1.807) is 0 Å². The minimum absolute atomic E-state index is 0.802. The third kappa shape index (κ3) is 3.24. The molecule has 0 atom stereocenters. The predicted octanol–water partition coefficient (Wildman–Crippen LogP) is 5.07. The largest absolute Gasteiger partial charge is 0.356 e. The molecule has 2 aromatic carbocycles. The van der Waals surface area contributed by atoms with Crippen LogP contribution in [0.2, 0.25) is 0 Å². The molecule has 1 saturated heterocycles. The van der Waals surface area contributed by atoms with Crippen LogP contribution in [0.25, 0.3) is 11.3 Å². The van der Waals surface area contributed by atoms with E-state index in [9.17, 15) is 0 Å². The number of piperidine rings is 1. The summed E-state index contributed by atoms with van der Waals surface area (Å²) in [7, 11) is 0. The molecule has 3 heterocycles. The van der Waals surface area contributed by atoms with Gasteiger partial charge >= 0.3 is 0 Å². The number of hydrogen-bond donors (Lipinski definition) is 0. The first-order valence-electron chi connectivity index (χ1n) is 10.3. The van der Waals surface area contributed by atoms with Gasteiger partial charge in [-0.25, -0.2) is 4.98 Å². The second-order valence-electron chi connectivity index (χ2n) is 7.98. The van der Waals surface area contributed by atoms with Gasteiger partial charge < -0.3 is 9.80 Å². The summed E-state index contributed by atoms with van der Waals surface area (Å²) in [6, 6.07) is 21.2. The number of hydrogen-bond acceptors (Lipinski definition) is 4. The molecule has 0 spiro atoms. The van der Waals surface area contributed by atoms with Gasteiger partial charge in [-0.1, -0.05) is 55.5 Å². The van der Waals surface area contributed by atoms with Gasteiger partial charge in [0.1, 0.15) is 5.82 Å². The molecule has 2 aliphatic rings. The third-order valence-electron chi connectivity index (χ3n) is 6.01. The van der Waals surface area contributed by atoms with Crippen LogP contribution in [-0.4, -0.2) is 29.6 Å². The van der Waals surface area contributed by atoms with E-state index in [0.29, 0.717) is 0 Å². The summed E-state index contributed by atoms with van der Waals surface area (Å²) in [4.78, 5) is 14.7. The number of fused-ring (bicyclic) bond motifs is 1. The molecule has 4 heteroatoms. The van der Waals surface area contributed by atoms with Crippen LogP contribution in [0.4, 0.5) is 17.5 Å².